The molecule has 1 saturated carbocycles. The van der Waals surface area contributed by atoms with Crippen molar-refractivity contribution in [2.24, 2.45) is 5.92 Å². The number of nitrogens with zero attached hydrogens (tertiary/aromatic N) is 3. The molecule has 0 radical (unpaired) electrons. The van der Waals surface area contributed by atoms with Gasteiger partial charge in [0, 0.05) is 12.6 Å². The standard InChI is InChI=1S/C21H24FN3O3/c1-28-18-13-19(26)25(16-10-8-15(22)9-11-16)23-20(18)21(27)24-12-4-6-14-5-2-3-7-17(14)24/h8-11,13-14,17H,2-7,12H2,1H3/t14-,17+/m0/s1. The first-order chi connectivity index (χ1) is 13.6. The summed E-state index contributed by atoms with van der Waals surface area (Å²) in [6.07, 6.45) is 6.66. The monoisotopic (exact) mass is 385 g/mol. The largest absolute Gasteiger partial charge is 0.494 e. The van der Waals surface area contributed by atoms with Crippen LogP contribution in [-0.4, -0.2) is 40.3 Å². The first-order valence-corrected chi connectivity index (χ1v) is 9.84. The average molecular weight is 385 g/mol. The predicted octanol–water partition coefficient (Wildman–Crippen LogP) is 3.18. The fourth-order valence-electron chi connectivity index (χ4n) is 4.52. The molecule has 28 heavy (non-hydrogen) atoms. The Morgan fingerprint density at radius 1 is 1.14 bits per heavy atom. The summed E-state index contributed by atoms with van der Waals surface area (Å²) in [6.45, 7) is 0.695. The van der Waals surface area contributed by atoms with Crippen molar-refractivity contribution in [2.75, 3.05) is 13.7 Å². The quantitative estimate of drug-likeness (QED) is 0.814. The topological polar surface area (TPSA) is 64.4 Å². The molecular formula is C21H24FN3O3. The lowest BCUT2D eigenvalue weighted by Crippen LogP contribution is -2.50. The maximum absolute atomic E-state index is 13.4. The van der Waals surface area contributed by atoms with Crippen molar-refractivity contribution in [1.82, 2.24) is 14.7 Å². The zero-order valence-corrected chi connectivity index (χ0v) is 15.9. The Labute approximate surface area is 162 Å². The van der Waals surface area contributed by atoms with Crippen LogP contribution < -0.4 is 10.3 Å². The molecule has 1 amide bonds. The molecule has 2 aromatic rings. The number of halogens is 1. The summed E-state index contributed by atoms with van der Waals surface area (Å²) < 4.78 is 19.7. The highest BCUT2D eigenvalue weighted by molar-refractivity contribution is 5.95. The molecule has 2 heterocycles. The van der Waals surface area contributed by atoms with Crippen molar-refractivity contribution in [3.05, 3.63) is 52.2 Å². The van der Waals surface area contributed by atoms with Crippen LogP contribution in [0.1, 0.15) is 49.0 Å². The molecule has 1 saturated heterocycles. The van der Waals surface area contributed by atoms with Gasteiger partial charge in [-0.3, -0.25) is 9.59 Å². The maximum Gasteiger partial charge on any atom is 0.278 e. The normalized spacial score (nSPS) is 21.9. The van der Waals surface area contributed by atoms with Crippen LogP contribution in [0.4, 0.5) is 4.39 Å². The molecule has 2 fully saturated rings. The lowest BCUT2D eigenvalue weighted by atomic mass is 9.78. The number of carbonyl (C=O) groups excluding carboxylic acids is 1. The van der Waals surface area contributed by atoms with Gasteiger partial charge in [0.15, 0.2) is 11.4 Å². The Balaban J connectivity index is 1.73. The van der Waals surface area contributed by atoms with Crippen LogP contribution in [0.3, 0.4) is 0 Å². The van der Waals surface area contributed by atoms with Gasteiger partial charge in [-0.05, 0) is 55.9 Å². The van der Waals surface area contributed by atoms with Gasteiger partial charge >= 0.3 is 0 Å². The summed E-state index contributed by atoms with van der Waals surface area (Å²) in [7, 11) is 1.43. The van der Waals surface area contributed by atoms with Gasteiger partial charge in [-0.25, -0.2) is 4.39 Å². The molecule has 1 aliphatic carbocycles. The molecule has 148 valence electrons. The number of aromatic nitrogens is 2. The van der Waals surface area contributed by atoms with Crippen molar-refractivity contribution >= 4 is 5.91 Å². The molecule has 0 bridgehead atoms. The van der Waals surface area contributed by atoms with Crippen molar-refractivity contribution in [1.29, 1.82) is 0 Å². The molecule has 7 heteroatoms. The van der Waals surface area contributed by atoms with E-state index in [4.69, 9.17) is 4.74 Å². The molecule has 1 aromatic heterocycles. The van der Waals surface area contributed by atoms with Gasteiger partial charge in [-0.2, -0.15) is 9.78 Å². The van der Waals surface area contributed by atoms with E-state index in [1.165, 1.54) is 43.9 Å². The molecule has 1 aliphatic heterocycles. The molecule has 0 spiro atoms. The number of ether oxygens (including phenoxy) is 1. The van der Waals surface area contributed by atoms with Gasteiger partial charge in [-0.1, -0.05) is 12.8 Å². The van der Waals surface area contributed by atoms with Crippen LogP contribution >= 0.6 is 0 Å². The predicted molar refractivity (Wildman–Crippen MR) is 102 cm³/mol. The smallest absolute Gasteiger partial charge is 0.278 e. The summed E-state index contributed by atoms with van der Waals surface area (Å²) in [5, 5.41) is 4.32. The lowest BCUT2D eigenvalue weighted by Gasteiger charge is -2.44. The molecule has 6 nitrogen and oxygen atoms in total. The zero-order chi connectivity index (χ0) is 19.7. The Morgan fingerprint density at radius 3 is 2.61 bits per heavy atom. The van der Waals surface area contributed by atoms with Gasteiger partial charge in [0.1, 0.15) is 5.82 Å². The minimum Gasteiger partial charge on any atom is -0.494 e. The molecule has 1 aromatic carbocycles. The number of hydrogen-bond acceptors (Lipinski definition) is 4. The number of carbonyl (C=O) groups is 1. The highest BCUT2D eigenvalue weighted by atomic mass is 19.1. The van der Waals surface area contributed by atoms with E-state index in [9.17, 15) is 14.0 Å². The third kappa shape index (κ3) is 3.41. The van der Waals surface area contributed by atoms with Crippen molar-refractivity contribution in [3.8, 4) is 11.4 Å². The SMILES string of the molecule is COc1cc(=O)n(-c2ccc(F)cc2)nc1C(=O)N1CCC[C@@H]2CCCC[C@H]21. The lowest BCUT2D eigenvalue weighted by molar-refractivity contribution is 0.0380. The van der Waals surface area contributed by atoms with Crippen LogP contribution in [0.2, 0.25) is 0 Å². The average Bonchev–Trinajstić information content (AvgIpc) is 2.73. The molecule has 0 unspecified atom stereocenters. The number of rotatable bonds is 3. The van der Waals surface area contributed by atoms with Gasteiger partial charge in [0.25, 0.3) is 11.5 Å². The fourth-order valence-corrected chi connectivity index (χ4v) is 4.52. The number of amides is 1. The minimum absolute atomic E-state index is 0.123. The number of fused-ring (bicyclic) bond motifs is 1. The highest BCUT2D eigenvalue weighted by Crippen LogP contribution is 2.36. The first-order valence-electron chi connectivity index (χ1n) is 9.84. The fraction of sp³-hybridized carbons (Fsp3) is 0.476. The Morgan fingerprint density at radius 2 is 1.86 bits per heavy atom. The molecule has 2 aliphatic rings. The summed E-state index contributed by atoms with van der Waals surface area (Å²) in [5.74, 6) is 0.106. The third-order valence-electron chi connectivity index (χ3n) is 5.89. The maximum atomic E-state index is 13.4. The van der Waals surface area contributed by atoms with E-state index in [0.29, 0.717) is 18.2 Å². The summed E-state index contributed by atoms with van der Waals surface area (Å²) in [4.78, 5) is 27.8. The molecular weight excluding hydrogens is 361 g/mol. The van der Waals surface area contributed by atoms with E-state index in [1.807, 2.05) is 4.90 Å². The molecule has 2 atom stereocenters. The van der Waals surface area contributed by atoms with E-state index in [0.717, 1.165) is 36.8 Å². The van der Waals surface area contributed by atoms with E-state index < -0.39 is 11.4 Å². The van der Waals surface area contributed by atoms with Crippen molar-refractivity contribution in [3.63, 3.8) is 0 Å². The third-order valence-corrected chi connectivity index (χ3v) is 5.89. The molecule has 4 rings (SSSR count). The number of benzene rings is 1. The number of likely N-dealkylation sites (tertiary alicyclic amines) is 1. The van der Waals surface area contributed by atoms with E-state index in [1.54, 1.807) is 0 Å². The van der Waals surface area contributed by atoms with E-state index in [2.05, 4.69) is 5.10 Å². The van der Waals surface area contributed by atoms with E-state index in [-0.39, 0.29) is 23.4 Å². The number of piperidine rings is 1. The summed E-state index contributed by atoms with van der Waals surface area (Å²) in [5.41, 5.74) is 0.0872. The minimum atomic E-state index is -0.436. The first kappa shape index (κ1) is 18.7. The van der Waals surface area contributed by atoms with Crippen molar-refractivity contribution in [2.45, 2.75) is 44.6 Å². The van der Waals surface area contributed by atoms with Crippen LogP contribution in [0, 0.1) is 11.7 Å². The number of methoxy groups -OCH3 is 1. The van der Waals surface area contributed by atoms with Gasteiger partial charge in [0.05, 0.1) is 18.9 Å². The van der Waals surface area contributed by atoms with Gasteiger partial charge < -0.3 is 9.64 Å². The number of hydrogen-bond donors (Lipinski definition) is 0. The van der Waals surface area contributed by atoms with Crippen LogP contribution in [0.25, 0.3) is 5.69 Å². The van der Waals surface area contributed by atoms with E-state index >= 15 is 0 Å². The summed E-state index contributed by atoms with van der Waals surface area (Å²) >= 11 is 0. The summed E-state index contributed by atoms with van der Waals surface area (Å²) in [6, 6.07) is 6.93. The van der Waals surface area contributed by atoms with Gasteiger partial charge in [0.2, 0.25) is 0 Å². The van der Waals surface area contributed by atoms with Crippen LogP contribution in [0.5, 0.6) is 5.75 Å². The highest BCUT2D eigenvalue weighted by Gasteiger charge is 2.37. The Hall–Kier alpha value is -2.70. The molecule has 0 N–H and O–H groups in total. The second-order valence-electron chi connectivity index (χ2n) is 7.54. The van der Waals surface area contributed by atoms with Gasteiger partial charge in [-0.15, -0.1) is 0 Å². The van der Waals surface area contributed by atoms with Crippen LogP contribution in [-0.2, 0) is 0 Å². The second-order valence-corrected chi connectivity index (χ2v) is 7.54. The second kappa shape index (κ2) is 7.73. The van der Waals surface area contributed by atoms with Crippen LogP contribution in [0.15, 0.2) is 35.1 Å². The Kier molecular flexibility index (Phi) is 5.15. The Bertz CT molecular complexity index is 923. The van der Waals surface area contributed by atoms with Crippen molar-refractivity contribution < 1.29 is 13.9 Å². The zero-order valence-electron chi connectivity index (χ0n) is 15.9.